The quantitative estimate of drug-likeness (QED) is 0.685. The van der Waals surface area contributed by atoms with Crippen LogP contribution >= 0.6 is 0 Å². The lowest BCUT2D eigenvalue weighted by Crippen LogP contribution is -2.57. The van der Waals surface area contributed by atoms with Crippen LogP contribution in [0.1, 0.15) is 44.1 Å². The topological polar surface area (TPSA) is 71.5 Å². The van der Waals surface area contributed by atoms with E-state index in [1.165, 1.54) is 11.8 Å². The molecule has 32 heavy (non-hydrogen) atoms. The van der Waals surface area contributed by atoms with Crippen LogP contribution in [-0.4, -0.2) is 51.5 Å². The number of nitrogens with one attached hydrogen (secondary N) is 1. The van der Waals surface area contributed by atoms with Gasteiger partial charge in [0.2, 0.25) is 10.0 Å². The number of sulfonamides is 1. The van der Waals surface area contributed by atoms with Crippen molar-refractivity contribution in [1.29, 1.82) is 0 Å². The van der Waals surface area contributed by atoms with Crippen LogP contribution in [0.3, 0.4) is 0 Å². The molecule has 2 fully saturated rings. The molecule has 6 nitrogen and oxygen atoms in total. The Labute approximate surface area is 192 Å². The number of rotatable bonds is 7. The lowest BCUT2D eigenvalue weighted by atomic mass is 9.82. The van der Waals surface area contributed by atoms with Gasteiger partial charge in [-0.2, -0.15) is 0 Å². The first-order valence-corrected chi connectivity index (χ1v) is 13.6. The first-order chi connectivity index (χ1) is 15.4. The van der Waals surface area contributed by atoms with E-state index in [9.17, 15) is 8.42 Å². The Morgan fingerprint density at radius 2 is 1.75 bits per heavy atom. The molecular weight excluding hydrogens is 422 g/mol. The molecule has 0 radical (unpaired) electrons. The Bertz CT molecular complexity index is 947. The van der Waals surface area contributed by atoms with E-state index >= 15 is 0 Å². The zero-order valence-electron chi connectivity index (χ0n) is 19.1. The molecule has 1 aliphatic carbocycles. The fourth-order valence-electron chi connectivity index (χ4n) is 5.29. The smallest absolute Gasteiger partial charge is 0.208 e. The van der Waals surface area contributed by atoms with Gasteiger partial charge in [-0.15, -0.1) is 0 Å². The molecule has 1 aliphatic heterocycles. The number of ether oxygens (including phenoxy) is 1. The van der Waals surface area contributed by atoms with Crippen LogP contribution in [-0.2, 0) is 14.8 Å². The number of nitrogens with zero attached hydrogens (tertiary/aromatic N) is 2. The van der Waals surface area contributed by atoms with Gasteiger partial charge in [0.05, 0.1) is 19.0 Å². The molecule has 0 bridgehead atoms. The average molecular weight is 458 g/mol. The molecule has 1 aromatic heterocycles. The van der Waals surface area contributed by atoms with Crippen LogP contribution in [0.2, 0.25) is 0 Å². The van der Waals surface area contributed by atoms with Gasteiger partial charge in [0.1, 0.15) is 5.82 Å². The summed E-state index contributed by atoms with van der Waals surface area (Å²) in [7, 11) is -3.29. The molecule has 0 spiro atoms. The molecule has 4 rings (SSSR count). The number of pyridine rings is 1. The average Bonchev–Trinajstić information content (AvgIpc) is 2.80. The number of piperidine rings is 1. The molecule has 2 aliphatic rings. The number of aromatic nitrogens is 1. The van der Waals surface area contributed by atoms with E-state index in [-0.39, 0.29) is 24.0 Å². The Balaban J connectivity index is 1.38. The van der Waals surface area contributed by atoms with Crippen LogP contribution in [0.4, 0.5) is 5.82 Å². The monoisotopic (exact) mass is 457 g/mol. The van der Waals surface area contributed by atoms with Gasteiger partial charge in [-0.05, 0) is 55.2 Å². The first-order valence-electron chi connectivity index (χ1n) is 11.7. The molecule has 7 heteroatoms. The summed E-state index contributed by atoms with van der Waals surface area (Å²) in [6, 6.07) is 16.5. The number of hydrogen-bond acceptors (Lipinski definition) is 5. The summed E-state index contributed by atoms with van der Waals surface area (Å²) in [6.07, 6.45) is 7.67. The second kappa shape index (κ2) is 10.3. The zero-order valence-corrected chi connectivity index (χ0v) is 19.9. The summed E-state index contributed by atoms with van der Waals surface area (Å²) in [4.78, 5) is 6.76. The van der Waals surface area contributed by atoms with Gasteiger partial charge >= 0.3 is 0 Å². The number of anilines is 1. The van der Waals surface area contributed by atoms with E-state index in [1.807, 2.05) is 18.2 Å². The fourth-order valence-corrected chi connectivity index (χ4v) is 6.21. The van der Waals surface area contributed by atoms with Crippen molar-refractivity contribution < 1.29 is 13.2 Å². The van der Waals surface area contributed by atoms with Gasteiger partial charge in [-0.3, -0.25) is 0 Å². The summed E-state index contributed by atoms with van der Waals surface area (Å²) in [6.45, 7) is 4.16. The molecule has 3 atom stereocenters. The van der Waals surface area contributed by atoms with Crippen LogP contribution in [0.5, 0.6) is 0 Å². The maximum absolute atomic E-state index is 12.0. The largest absolute Gasteiger partial charge is 0.378 e. The second-order valence-corrected chi connectivity index (χ2v) is 11.2. The fraction of sp³-hybridized carbons (Fsp3) is 0.560. The predicted octanol–water partition coefficient (Wildman–Crippen LogP) is 3.81. The molecule has 1 aromatic carbocycles. The summed E-state index contributed by atoms with van der Waals surface area (Å²) < 4.78 is 33.4. The lowest BCUT2D eigenvalue weighted by Gasteiger charge is -2.43. The minimum atomic E-state index is -3.29. The van der Waals surface area contributed by atoms with Crippen molar-refractivity contribution in [2.75, 3.05) is 30.9 Å². The Hall–Kier alpha value is -1.96. The normalized spacial score (nSPS) is 29.1. The molecule has 1 saturated carbocycles. The number of hydrogen-bond donors (Lipinski definition) is 1. The lowest BCUT2D eigenvalue weighted by molar-refractivity contribution is -0.00624. The highest BCUT2D eigenvalue weighted by Crippen LogP contribution is 2.35. The third-order valence-corrected chi connectivity index (χ3v) is 7.60. The van der Waals surface area contributed by atoms with Crippen LogP contribution < -0.4 is 9.62 Å². The maximum Gasteiger partial charge on any atom is 0.208 e. The molecule has 1 unspecified atom stereocenters. The van der Waals surface area contributed by atoms with Crippen molar-refractivity contribution in [3.05, 3.63) is 60.3 Å². The van der Waals surface area contributed by atoms with Gasteiger partial charge in [0.15, 0.2) is 0 Å². The first kappa shape index (κ1) is 23.2. The maximum atomic E-state index is 12.0. The van der Waals surface area contributed by atoms with Gasteiger partial charge < -0.3 is 9.64 Å². The van der Waals surface area contributed by atoms with Crippen molar-refractivity contribution in [3.8, 4) is 0 Å². The molecule has 0 amide bonds. The highest BCUT2D eigenvalue weighted by molar-refractivity contribution is 7.88. The van der Waals surface area contributed by atoms with E-state index in [0.29, 0.717) is 12.5 Å². The van der Waals surface area contributed by atoms with Crippen molar-refractivity contribution in [2.24, 2.45) is 11.8 Å². The van der Waals surface area contributed by atoms with Gasteiger partial charge in [-0.1, -0.05) is 43.3 Å². The third-order valence-electron chi connectivity index (χ3n) is 6.90. The number of benzene rings is 1. The Kier molecular flexibility index (Phi) is 7.48. The molecular formula is C25H35N3O3S. The molecule has 2 heterocycles. The molecule has 1 saturated heterocycles. The van der Waals surface area contributed by atoms with Crippen molar-refractivity contribution in [1.82, 2.24) is 9.71 Å². The van der Waals surface area contributed by atoms with Gasteiger partial charge in [0.25, 0.3) is 0 Å². The standard InChI is InChI=1S/C25H35N3O3S/c1-19-16-28(24-10-6-7-15-26-24)17-22(25(19)27-32(2,29)30)18-31-23-13-11-21(12-14-23)20-8-4-3-5-9-20/h3-10,15,19,21-23,25,27H,11-14,16-18H2,1-2H3/t19-,21?,22-,23?,25?/m0/s1. The minimum Gasteiger partial charge on any atom is -0.378 e. The second-order valence-electron chi connectivity index (χ2n) is 9.46. The highest BCUT2D eigenvalue weighted by atomic mass is 32.2. The Morgan fingerprint density at radius 3 is 2.41 bits per heavy atom. The highest BCUT2D eigenvalue weighted by Gasteiger charge is 2.37. The van der Waals surface area contributed by atoms with Crippen LogP contribution in [0.15, 0.2) is 54.7 Å². The van der Waals surface area contributed by atoms with Gasteiger partial charge in [-0.25, -0.2) is 18.1 Å². The predicted molar refractivity (Wildman–Crippen MR) is 128 cm³/mol. The summed E-state index contributed by atoms with van der Waals surface area (Å²) in [5.41, 5.74) is 1.43. The third kappa shape index (κ3) is 6.09. The van der Waals surface area contributed by atoms with Crippen LogP contribution in [0.25, 0.3) is 0 Å². The van der Waals surface area contributed by atoms with Crippen LogP contribution in [0, 0.1) is 11.8 Å². The van der Waals surface area contributed by atoms with E-state index in [0.717, 1.165) is 44.6 Å². The molecule has 2 aromatic rings. The molecule has 174 valence electrons. The summed E-state index contributed by atoms with van der Waals surface area (Å²) in [5, 5.41) is 0. The minimum absolute atomic E-state index is 0.0716. The molecule has 1 N–H and O–H groups in total. The van der Waals surface area contributed by atoms with E-state index in [4.69, 9.17) is 4.74 Å². The van der Waals surface area contributed by atoms with Crippen molar-refractivity contribution in [3.63, 3.8) is 0 Å². The SMILES string of the molecule is C[C@H]1CN(c2ccccn2)C[C@@H](COC2CCC(c3ccccc3)CC2)C1NS(C)(=O)=O. The van der Waals surface area contributed by atoms with Crippen molar-refractivity contribution >= 4 is 15.8 Å². The Morgan fingerprint density at radius 1 is 1.03 bits per heavy atom. The summed E-state index contributed by atoms with van der Waals surface area (Å²) in [5.74, 6) is 1.78. The zero-order chi connectivity index (χ0) is 22.6. The van der Waals surface area contributed by atoms with E-state index in [1.54, 1.807) is 6.20 Å². The van der Waals surface area contributed by atoms with E-state index in [2.05, 4.69) is 51.9 Å². The van der Waals surface area contributed by atoms with E-state index < -0.39 is 10.0 Å². The van der Waals surface area contributed by atoms with Crippen molar-refractivity contribution in [2.45, 2.75) is 50.7 Å². The van der Waals surface area contributed by atoms with Gasteiger partial charge in [0, 0.05) is 31.2 Å². The summed E-state index contributed by atoms with van der Waals surface area (Å²) >= 11 is 0.